The number of thiazole rings is 1. The lowest BCUT2D eigenvalue weighted by molar-refractivity contribution is 0.178. The van der Waals surface area contributed by atoms with Crippen LogP contribution in [0.2, 0.25) is 0 Å². The van der Waals surface area contributed by atoms with Gasteiger partial charge in [-0.1, -0.05) is 20.8 Å². The fraction of sp³-hybridized carbons (Fsp3) is 0.467. The Labute approximate surface area is 118 Å². The molecule has 102 valence electrons. The summed E-state index contributed by atoms with van der Waals surface area (Å²) in [5, 5.41) is 13.3. The second-order valence-corrected chi connectivity index (χ2v) is 6.77. The molecule has 0 bridgehead atoms. The van der Waals surface area contributed by atoms with E-state index in [-0.39, 0.29) is 5.41 Å². The predicted molar refractivity (Wildman–Crippen MR) is 78.5 cm³/mol. The Balaban J connectivity index is 2.11. The molecule has 19 heavy (non-hydrogen) atoms. The van der Waals surface area contributed by atoms with E-state index in [2.05, 4.69) is 36.1 Å². The van der Waals surface area contributed by atoms with Crippen LogP contribution in [0.3, 0.4) is 0 Å². The fourth-order valence-corrected chi connectivity index (χ4v) is 2.87. The molecule has 0 fully saturated rings. The molecule has 2 rings (SSSR count). The van der Waals surface area contributed by atoms with Crippen LogP contribution in [0.5, 0.6) is 0 Å². The number of aliphatic hydroxyl groups excluding tert-OH is 1. The minimum Gasteiger partial charge on any atom is -0.388 e. The molecule has 2 heterocycles. The molecular weight excluding hydrogens is 256 g/mol. The lowest BCUT2D eigenvalue weighted by Crippen LogP contribution is -2.12. The minimum absolute atomic E-state index is 0.0625. The van der Waals surface area contributed by atoms with Gasteiger partial charge in [0.1, 0.15) is 0 Å². The number of pyridine rings is 1. The van der Waals surface area contributed by atoms with Crippen molar-refractivity contribution in [1.29, 1.82) is 0 Å². The van der Waals surface area contributed by atoms with Gasteiger partial charge in [0.25, 0.3) is 0 Å². The maximum absolute atomic E-state index is 10.2. The Morgan fingerprint density at radius 1 is 1.37 bits per heavy atom. The lowest BCUT2D eigenvalue weighted by atomic mass is 9.93. The Bertz CT molecular complexity index is 557. The molecule has 0 aliphatic heterocycles. The van der Waals surface area contributed by atoms with E-state index in [0.717, 1.165) is 22.0 Å². The Morgan fingerprint density at radius 3 is 2.68 bits per heavy atom. The summed E-state index contributed by atoms with van der Waals surface area (Å²) in [6.45, 7) is 8.37. The second kappa shape index (κ2) is 5.39. The first-order valence-electron chi connectivity index (χ1n) is 6.42. The summed E-state index contributed by atoms with van der Waals surface area (Å²) in [7, 11) is 0. The highest BCUT2D eigenvalue weighted by atomic mass is 32.1. The number of aromatic nitrogens is 2. The van der Waals surface area contributed by atoms with Crippen molar-refractivity contribution >= 4 is 11.3 Å². The number of aliphatic hydroxyl groups is 1. The Hall–Kier alpha value is -1.26. The zero-order valence-corrected chi connectivity index (χ0v) is 12.7. The number of nitrogens with zero attached hydrogens (tertiary/aromatic N) is 2. The van der Waals surface area contributed by atoms with Crippen molar-refractivity contribution in [3.8, 4) is 0 Å². The highest BCUT2D eigenvalue weighted by molar-refractivity contribution is 7.09. The molecule has 0 aliphatic rings. The van der Waals surface area contributed by atoms with Crippen LogP contribution in [-0.4, -0.2) is 15.1 Å². The first kappa shape index (κ1) is 14.2. The highest BCUT2D eigenvalue weighted by Crippen LogP contribution is 2.26. The van der Waals surface area contributed by atoms with E-state index < -0.39 is 6.10 Å². The van der Waals surface area contributed by atoms with Crippen LogP contribution < -0.4 is 0 Å². The molecule has 4 heteroatoms. The summed E-state index contributed by atoms with van der Waals surface area (Å²) in [6, 6.07) is 3.78. The molecule has 2 aromatic heterocycles. The maximum Gasteiger partial charge on any atom is 0.0957 e. The van der Waals surface area contributed by atoms with Gasteiger partial charge < -0.3 is 5.11 Å². The molecule has 0 saturated heterocycles. The van der Waals surface area contributed by atoms with Gasteiger partial charge in [-0.3, -0.25) is 4.98 Å². The molecule has 0 radical (unpaired) electrons. The maximum atomic E-state index is 10.2. The molecular formula is C15H20N2OS. The van der Waals surface area contributed by atoms with E-state index in [1.54, 1.807) is 17.5 Å². The second-order valence-electron chi connectivity index (χ2n) is 5.83. The van der Waals surface area contributed by atoms with E-state index in [1.165, 1.54) is 0 Å². The summed E-state index contributed by atoms with van der Waals surface area (Å²) >= 11 is 1.62. The number of hydrogen-bond acceptors (Lipinski definition) is 4. The predicted octanol–water partition coefficient (Wildman–Crippen LogP) is 3.42. The summed E-state index contributed by atoms with van der Waals surface area (Å²) in [5.41, 5.74) is 2.98. The van der Waals surface area contributed by atoms with Crippen LogP contribution in [0.25, 0.3) is 0 Å². The van der Waals surface area contributed by atoms with E-state index in [0.29, 0.717) is 6.42 Å². The minimum atomic E-state index is -0.513. The van der Waals surface area contributed by atoms with Crippen LogP contribution >= 0.6 is 11.3 Å². The molecule has 2 aromatic rings. The monoisotopic (exact) mass is 276 g/mol. The first-order valence-corrected chi connectivity index (χ1v) is 7.30. The number of rotatable bonds is 3. The molecule has 0 aromatic carbocycles. The molecule has 1 atom stereocenters. The number of hydrogen-bond donors (Lipinski definition) is 1. The van der Waals surface area contributed by atoms with Crippen molar-refractivity contribution in [3.63, 3.8) is 0 Å². The summed E-state index contributed by atoms with van der Waals surface area (Å²) in [6.07, 6.45) is 1.78. The molecule has 0 saturated carbocycles. The average molecular weight is 276 g/mol. The van der Waals surface area contributed by atoms with Gasteiger partial charge in [0.15, 0.2) is 0 Å². The van der Waals surface area contributed by atoms with E-state index in [1.807, 2.05) is 19.1 Å². The molecule has 0 aliphatic carbocycles. The SMILES string of the molecule is Cc1cc(C(O)Cc2nc(C(C)(C)C)cs2)ccn1. The van der Waals surface area contributed by atoms with Crippen molar-refractivity contribution < 1.29 is 5.11 Å². The molecule has 0 amide bonds. The zero-order valence-electron chi connectivity index (χ0n) is 11.8. The van der Waals surface area contributed by atoms with Crippen molar-refractivity contribution in [3.05, 3.63) is 45.7 Å². The van der Waals surface area contributed by atoms with Gasteiger partial charge in [0.05, 0.1) is 16.8 Å². The van der Waals surface area contributed by atoms with E-state index in [9.17, 15) is 5.11 Å². The van der Waals surface area contributed by atoms with Gasteiger partial charge in [-0.25, -0.2) is 4.98 Å². The van der Waals surface area contributed by atoms with Gasteiger partial charge >= 0.3 is 0 Å². The van der Waals surface area contributed by atoms with Crippen molar-refractivity contribution in [2.75, 3.05) is 0 Å². The van der Waals surface area contributed by atoms with Crippen LogP contribution in [0.4, 0.5) is 0 Å². The summed E-state index contributed by atoms with van der Waals surface area (Å²) in [5.74, 6) is 0. The fourth-order valence-electron chi connectivity index (χ4n) is 1.81. The van der Waals surface area contributed by atoms with Crippen LogP contribution in [0.15, 0.2) is 23.7 Å². The van der Waals surface area contributed by atoms with Crippen LogP contribution in [0.1, 0.15) is 48.8 Å². The normalized spacial score (nSPS) is 13.5. The smallest absolute Gasteiger partial charge is 0.0957 e. The third-order valence-corrected chi connectivity index (χ3v) is 3.86. The average Bonchev–Trinajstić information content (AvgIpc) is 2.77. The molecule has 3 nitrogen and oxygen atoms in total. The van der Waals surface area contributed by atoms with Crippen LogP contribution in [-0.2, 0) is 11.8 Å². The standard InChI is InChI=1S/C15H20N2OS/c1-10-7-11(5-6-16-10)12(18)8-14-17-13(9-19-14)15(2,3)4/h5-7,9,12,18H,8H2,1-4H3. The Morgan fingerprint density at radius 2 is 2.11 bits per heavy atom. The topological polar surface area (TPSA) is 46.0 Å². The zero-order chi connectivity index (χ0) is 14.0. The van der Waals surface area contributed by atoms with Crippen molar-refractivity contribution in [1.82, 2.24) is 9.97 Å². The quantitative estimate of drug-likeness (QED) is 0.934. The van der Waals surface area contributed by atoms with Gasteiger partial charge in [-0.15, -0.1) is 11.3 Å². The lowest BCUT2D eigenvalue weighted by Gasteiger charge is -2.14. The van der Waals surface area contributed by atoms with Gasteiger partial charge in [0, 0.05) is 29.1 Å². The number of aryl methyl sites for hydroxylation is 1. The van der Waals surface area contributed by atoms with Gasteiger partial charge in [0.2, 0.25) is 0 Å². The highest BCUT2D eigenvalue weighted by Gasteiger charge is 2.19. The largest absolute Gasteiger partial charge is 0.388 e. The van der Waals surface area contributed by atoms with Crippen LogP contribution in [0, 0.1) is 6.92 Å². The van der Waals surface area contributed by atoms with E-state index >= 15 is 0 Å². The van der Waals surface area contributed by atoms with E-state index in [4.69, 9.17) is 0 Å². The van der Waals surface area contributed by atoms with Gasteiger partial charge in [-0.2, -0.15) is 0 Å². The molecule has 1 N–H and O–H groups in total. The third-order valence-electron chi connectivity index (χ3n) is 2.99. The summed E-state index contributed by atoms with van der Waals surface area (Å²) < 4.78 is 0. The molecule has 1 unspecified atom stereocenters. The Kier molecular flexibility index (Phi) is 4.02. The first-order chi connectivity index (χ1) is 8.86. The summed E-state index contributed by atoms with van der Waals surface area (Å²) in [4.78, 5) is 8.75. The third kappa shape index (κ3) is 3.61. The molecule has 0 spiro atoms. The van der Waals surface area contributed by atoms with Crippen molar-refractivity contribution in [2.24, 2.45) is 0 Å². The van der Waals surface area contributed by atoms with Crippen molar-refractivity contribution in [2.45, 2.75) is 45.6 Å². The van der Waals surface area contributed by atoms with Gasteiger partial charge in [-0.05, 0) is 24.6 Å².